The van der Waals surface area contributed by atoms with E-state index in [1.807, 2.05) is 0 Å². The molecule has 5 heteroatoms. The summed E-state index contributed by atoms with van der Waals surface area (Å²) in [6.45, 7) is 10.3. The average Bonchev–Trinajstić information content (AvgIpc) is 2.52. The highest BCUT2D eigenvalue weighted by atomic mass is 16.4. The number of anilines is 1. The molecule has 2 aromatic rings. The van der Waals surface area contributed by atoms with E-state index in [2.05, 4.69) is 18.5 Å². The number of allylic oxidation sites excluding steroid dienone is 2. The van der Waals surface area contributed by atoms with Crippen LogP contribution in [0.3, 0.4) is 0 Å². The van der Waals surface area contributed by atoms with Gasteiger partial charge in [0.25, 0.3) is 0 Å². The van der Waals surface area contributed by atoms with Crippen LogP contribution in [0.15, 0.2) is 54.6 Å². The third-order valence-corrected chi connectivity index (χ3v) is 3.53. The molecule has 24 heavy (non-hydrogen) atoms. The molecule has 0 unspecified atom stereocenters. The van der Waals surface area contributed by atoms with Gasteiger partial charge in [-0.1, -0.05) is 37.4 Å². The second-order valence-electron chi connectivity index (χ2n) is 5.54. The Morgan fingerprint density at radius 3 is 2.12 bits per heavy atom. The van der Waals surface area contributed by atoms with E-state index < -0.39 is 17.7 Å². The summed E-state index contributed by atoms with van der Waals surface area (Å²) in [5, 5.41) is 12.6. The molecule has 2 aromatic carbocycles. The predicted molar refractivity (Wildman–Crippen MR) is 93.9 cm³/mol. The molecule has 0 bridgehead atoms. The van der Waals surface area contributed by atoms with Crippen molar-refractivity contribution in [1.29, 1.82) is 0 Å². The highest BCUT2D eigenvalue weighted by Gasteiger charge is 2.25. The van der Waals surface area contributed by atoms with Gasteiger partial charge in [0.2, 0.25) is 0 Å². The van der Waals surface area contributed by atoms with Crippen molar-refractivity contribution < 1.29 is 19.5 Å². The molecule has 0 aliphatic carbocycles. The number of rotatable bonds is 5. The molecule has 122 valence electrons. The van der Waals surface area contributed by atoms with Crippen LogP contribution in [0.25, 0.3) is 10.8 Å². The van der Waals surface area contributed by atoms with Crippen LogP contribution in [0, 0.1) is 0 Å². The Bertz CT molecular complexity index is 909. The van der Waals surface area contributed by atoms with E-state index in [4.69, 9.17) is 5.11 Å². The molecule has 0 atom stereocenters. The first-order valence-corrected chi connectivity index (χ1v) is 7.20. The van der Waals surface area contributed by atoms with Crippen molar-refractivity contribution in [3.05, 3.63) is 65.8 Å². The number of fused-ring (bicyclic) bond motifs is 1. The zero-order valence-electron chi connectivity index (χ0n) is 13.5. The molecule has 0 radical (unpaired) electrons. The van der Waals surface area contributed by atoms with Gasteiger partial charge in [-0.3, -0.25) is 14.9 Å². The van der Waals surface area contributed by atoms with Crippen molar-refractivity contribution in [3.63, 3.8) is 0 Å². The Labute approximate surface area is 139 Å². The van der Waals surface area contributed by atoms with Crippen molar-refractivity contribution in [1.82, 2.24) is 0 Å². The van der Waals surface area contributed by atoms with Crippen LogP contribution in [0.4, 0.5) is 10.5 Å². The summed E-state index contributed by atoms with van der Waals surface area (Å²) in [7, 11) is 0. The highest BCUT2D eigenvalue weighted by molar-refractivity contribution is 6.25. The minimum absolute atomic E-state index is 0.00315. The quantitative estimate of drug-likeness (QED) is 0.629. The van der Waals surface area contributed by atoms with Gasteiger partial charge >= 0.3 is 6.09 Å². The molecule has 0 aliphatic heterocycles. The fourth-order valence-corrected chi connectivity index (χ4v) is 2.44. The topological polar surface area (TPSA) is 83.5 Å². The largest absolute Gasteiger partial charge is 0.465 e. The molecule has 1 amide bonds. The van der Waals surface area contributed by atoms with E-state index in [0.29, 0.717) is 10.8 Å². The number of Topliss-reactive ketones (excluding diaryl/α,β-unsaturated/α-hetero) is 2. The minimum Gasteiger partial charge on any atom is -0.465 e. The van der Waals surface area contributed by atoms with Gasteiger partial charge in [-0.2, -0.15) is 0 Å². The fourth-order valence-electron chi connectivity index (χ4n) is 2.44. The third-order valence-electron chi connectivity index (χ3n) is 3.53. The lowest BCUT2D eigenvalue weighted by atomic mass is 9.89. The first-order chi connectivity index (χ1) is 11.2. The molecule has 0 fully saturated rings. The number of carbonyl (C=O) groups excluding carboxylic acids is 2. The second-order valence-corrected chi connectivity index (χ2v) is 5.54. The summed E-state index contributed by atoms with van der Waals surface area (Å²) in [6.07, 6.45) is -1.32. The summed E-state index contributed by atoms with van der Waals surface area (Å²) < 4.78 is 0. The molecule has 0 heterocycles. The van der Waals surface area contributed by atoms with E-state index in [0.717, 1.165) is 0 Å². The molecule has 0 saturated carbocycles. The summed E-state index contributed by atoms with van der Waals surface area (Å²) in [4.78, 5) is 36.4. The molecular weight excluding hydrogens is 306 g/mol. The molecule has 2 N–H and O–H groups in total. The van der Waals surface area contributed by atoms with Gasteiger partial charge in [-0.15, -0.1) is 0 Å². The van der Waals surface area contributed by atoms with E-state index >= 15 is 0 Å². The van der Waals surface area contributed by atoms with Gasteiger partial charge in [0.15, 0.2) is 11.6 Å². The Kier molecular flexibility index (Phi) is 4.64. The Morgan fingerprint density at radius 1 is 1.00 bits per heavy atom. The van der Waals surface area contributed by atoms with E-state index in [1.54, 1.807) is 30.3 Å². The molecule has 2 rings (SSSR count). The predicted octanol–water partition coefficient (Wildman–Crippen LogP) is 4.45. The smallest absolute Gasteiger partial charge is 0.409 e. The lowest BCUT2D eigenvalue weighted by Gasteiger charge is -2.16. The standard InChI is InChI=1S/C19H17NO4/c1-10(2)17(21)14-9-12-7-5-6-8-13(12)16(20-19(23)24)15(14)18(22)11(3)4/h5-9,20H,1,3H2,2,4H3,(H,23,24). The molecule has 0 saturated heterocycles. The number of hydrogen-bond acceptors (Lipinski definition) is 3. The maximum atomic E-state index is 12.6. The van der Waals surface area contributed by atoms with Crippen molar-refractivity contribution >= 4 is 34.1 Å². The SMILES string of the molecule is C=C(C)C(=O)c1cc2ccccc2c(NC(=O)O)c1C(=O)C(=C)C. The van der Waals surface area contributed by atoms with Gasteiger partial charge in [0, 0.05) is 10.9 Å². The normalized spacial score (nSPS) is 10.2. The summed E-state index contributed by atoms with van der Waals surface area (Å²) in [5.41, 5.74) is 0.643. The van der Waals surface area contributed by atoms with Crippen LogP contribution in [0.2, 0.25) is 0 Å². The molecule has 0 aliphatic rings. The first-order valence-electron chi connectivity index (χ1n) is 7.20. The number of benzene rings is 2. The molecular formula is C19H17NO4. The Balaban J connectivity index is 2.97. The molecule has 5 nitrogen and oxygen atoms in total. The van der Waals surface area contributed by atoms with Crippen LogP contribution >= 0.6 is 0 Å². The van der Waals surface area contributed by atoms with Gasteiger partial charge in [0.05, 0.1) is 11.3 Å². The van der Waals surface area contributed by atoms with Gasteiger partial charge < -0.3 is 5.11 Å². The van der Waals surface area contributed by atoms with Crippen LogP contribution in [0.5, 0.6) is 0 Å². The molecule has 0 aromatic heterocycles. The zero-order valence-corrected chi connectivity index (χ0v) is 13.5. The highest BCUT2D eigenvalue weighted by Crippen LogP contribution is 2.33. The van der Waals surface area contributed by atoms with Crippen LogP contribution in [0.1, 0.15) is 34.6 Å². The number of carboxylic acid groups (broad SMARTS) is 1. The Morgan fingerprint density at radius 2 is 1.58 bits per heavy atom. The lowest BCUT2D eigenvalue weighted by molar-refractivity contribution is 0.1000. The third kappa shape index (κ3) is 3.10. The van der Waals surface area contributed by atoms with Crippen molar-refractivity contribution in [3.8, 4) is 0 Å². The Hall–Kier alpha value is -3.21. The zero-order chi connectivity index (χ0) is 18.0. The van der Waals surface area contributed by atoms with Gasteiger partial charge in [0.1, 0.15) is 0 Å². The van der Waals surface area contributed by atoms with Crippen LogP contribution < -0.4 is 5.32 Å². The maximum absolute atomic E-state index is 12.6. The second kappa shape index (κ2) is 6.50. The summed E-state index contributed by atoms with van der Waals surface area (Å²) >= 11 is 0. The number of nitrogens with one attached hydrogen (secondary N) is 1. The first kappa shape index (κ1) is 17.1. The lowest BCUT2D eigenvalue weighted by Crippen LogP contribution is -2.17. The summed E-state index contributed by atoms with van der Waals surface area (Å²) in [5.74, 6) is -0.909. The van der Waals surface area contributed by atoms with E-state index in [-0.39, 0.29) is 28.0 Å². The van der Waals surface area contributed by atoms with E-state index in [1.165, 1.54) is 13.8 Å². The van der Waals surface area contributed by atoms with Crippen LogP contribution in [-0.4, -0.2) is 22.8 Å². The monoisotopic (exact) mass is 323 g/mol. The maximum Gasteiger partial charge on any atom is 0.409 e. The minimum atomic E-state index is -1.32. The van der Waals surface area contributed by atoms with Crippen molar-refractivity contribution in [2.24, 2.45) is 0 Å². The van der Waals surface area contributed by atoms with Crippen molar-refractivity contribution in [2.75, 3.05) is 5.32 Å². The number of hydrogen-bond donors (Lipinski definition) is 2. The van der Waals surface area contributed by atoms with Crippen molar-refractivity contribution in [2.45, 2.75) is 13.8 Å². The summed E-state index contributed by atoms with van der Waals surface area (Å²) in [6, 6.07) is 8.50. The van der Waals surface area contributed by atoms with Gasteiger partial charge in [-0.25, -0.2) is 4.79 Å². The van der Waals surface area contributed by atoms with E-state index in [9.17, 15) is 14.4 Å². The number of amides is 1. The average molecular weight is 323 g/mol. The molecule has 0 spiro atoms. The number of carbonyl (C=O) groups is 3. The number of ketones is 2. The van der Waals surface area contributed by atoms with Gasteiger partial charge in [-0.05, 0) is 36.4 Å². The fraction of sp³-hybridized carbons (Fsp3) is 0.105. The van der Waals surface area contributed by atoms with Crippen LogP contribution in [-0.2, 0) is 0 Å².